The van der Waals surface area contributed by atoms with E-state index in [4.69, 9.17) is 0 Å². The summed E-state index contributed by atoms with van der Waals surface area (Å²) in [4.78, 5) is 17.4. The molecule has 0 aromatic carbocycles. The molecule has 5 nitrogen and oxygen atoms in total. The maximum absolute atomic E-state index is 12.0. The van der Waals surface area contributed by atoms with Crippen LogP contribution < -0.4 is 0 Å². The van der Waals surface area contributed by atoms with Crippen molar-refractivity contribution in [1.29, 1.82) is 0 Å². The summed E-state index contributed by atoms with van der Waals surface area (Å²) in [6, 6.07) is 3.57. The molecule has 1 aromatic rings. The van der Waals surface area contributed by atoms with Gasteiger partial charge in [0.2, 0.25) is 0 Å². The van der Waals surface area contributed by atoms with Gasteiger partial charge in [-0.25, -0.2) is 0 Å². The van der Waals surface area contributed by atoms with E-state index >= 15 is 0 Å². The predicted octanol–water partition coefficient (Wildman–Crippen LogP) is -0.432. The van der Waals surface area contributed by atoms with Crippen molar-refractivity contribution in [2.75, 3.05) is 13.1 Å². The molecule has 0 bridgehead atoms. The standard InChI is InChI=1S/C11H14N2O3/c1-7-3-2-4-12-10(7)11(16)13-5-8(14)9(15)6-13/h2-4,8-9,14-15H,5-6H2,1H3/t8-,9+. The normalized spacial score (nSPS) is 24.8. The van der Waals surface area contributed by atoms with Crippen LogP contribution in [0.4, 0.5) is 0 Å². The number of carbonyl (C=O) groups excluding carboxylic acids is 1. The van der Waals surface area contributed by atoms with Gasteiger partial charge in [0.15, 0.2) is 0 Å². The molecule has 2 N–H and O–H groups in total. The van der Waals surface area contributed by atoms with Crippen molar-refractivity contribution in [2.45, 2.75) is 19.1 Å². The van der Waals surface area contributed by atoms with E-state index in [0.717, 1.165) is 5.56 Å². The van der Waals surface area contributed by atoms with Gasteiger partial charge in [0.1, 0.15) is 5.69 Å². The van der Waals surface area contributed by atoms with Crippen LogP contribution in [0, 0.1) is 6.92 Å². The van der Waals surface area contributed by atoms with Crippen molar-refractivity contribution in [2.24, 2.45) is 0 Å². The molecule has 2 rings (SSSR count). The molecule has 1 saturated heterocycles. The van der Waals surface area contributed by atoms with Crippen molar-refractivity contribution in [3.05, 3.63) is 29.6 Å². The molecule has 2 atom stereocenters. The second-order valence-corrected chi connectivity index (χ2v) is 4.01. The van der Waals surface area contributed by atoms with Crippen LogP contribution in [0.15, 0.2) is 18.3 Å². The first-order valence-corrected chi connectivity index (χ1v) is 5.16. The van der Waals surface area contributed by atoms with Gasteiger partial charge >= 0.3 is 0 Å². The fourth-order valence-corrected chi connectivity index (χ4v) is 1.79. The Balaban J connectivity index is 2.18. The molecule has 1 aliphatic heterocycles. The number of aryl methyl sites for hydroxylation is 1. The molecule has 0 saturated carbocycles. The lowest BCUT2D eigenvalue weighted by Gasteiger charge is -2.15. The second-order valence-electron chi connectivity index (χ2n) is 4.01. The van der Waals surface area contributed by atoms with Crippen LogP contribution in [0.2, 0.25) is 0 Å². The highest BCUT2D eigenvalue weighted by Crippen LogP contribution is 2.14. The number of hydrogen-bond acceptors (Lipinski definition) is 4. The number of β-amino-alcohol motifs (C(OH)–C–C–N with tert-alkyl or cyclic N) is 2. The number of nitrogens with zero attached hydrogens (tertiary/aromatic N) is 2. The Morgan fingerprint density at radius 2 is 2.06 bits per heavy atom. The molecular weight excluding hydrogens is 208 g/mol. The average Bonchev–Trinajstić information content (AvgIpc) is 2.59. The van der Waals surface area contributed by atoms with Gasteiger partial charge in [0.25, 0.3) is 5.91 Å². The molecule has 0 spiro atoms. The number of aliphatic hydroxyl groups is 2. The maximum Gasteiger partial charge on any atom is 0.272 e. The summed E-state index contributed by atoms with van der Waals surface area (Å²) in [5.41, 5.74) is 1.17. The minimum Gasteiger partial charge on any atom is -0.388 e. The van der Waals surface area contributed by atoms with Gasteiger partial charge in [-0.15, -0.1) is 0 Å². The zero-order chi connectivity index (χ0) is 11.7. The summed E-state index contributed by atoms with van der Waals surface area (Å²) in [5, 5.41) is 18.7. The smallest absolute Gasteiger partial charge is 0.272 e. The molecular formula is C11H14N2O3. The number of aromatic nitrogens is 1. The van der Waals surface area contributed by atoms with Crippen molar-refractivity contribution >= 4 is 5.91 Å². The SMILES string of the molecule is Cc1cccnc1C(=O)N1C[C@@H](O)[C@@H](O)C1. The molecule has 1 fully saturated rings. The first-order valence-electron chi connectivity index (χ1n) is 5.16. The third kappa shape index (κ3) is 1.91. The topological polar surface area (TPSA) is 73.7 Å². The van der Waals surface area contributed by atoms with Crippen LogP contribution in [0.1, 0.15) is 16.1 Å². The molecule has 86 valence electrons. The van der Waals surface area contributed by atoms with Crippen LogP contribution in [0.3, 0.4) is 0 Å². The third-order valence-electron chi connectivity index (χ3n) is 2.76. The largest absolute Gasteiger partial charge is 0.388 e. The molecule has 5 heteroatoms. The number of likely N-dealkylation sites (tertiary alicyclic amines) is 1. The summed E-state index contributed by atoms with van der Waals surface area (Å²) in [5.74, 6) is -0.242. The Labute approximate surface area is 93.3 Å². The quantitative estimate of drug-likeness (QED) is 0.676. The van der Waals surface area contributed by atoms with Crippen molar-refractivity contribution < 1.29 is 15.0 Å². The molecule has 1 amide bonds. The van der Waals surface area contributed by atoms with Gasteiger partial charge in [-0.1, -0.05) is 6.07 Å². The van der Waals surface area contributed by atoms with E-state index in [1.165, 1.54) is 4.90 Å². The third-order valence-corrected chi connectivity index (χ3v) is 2.76. The lowest BCUT2D eigenvalue weighted by molar-refractivity contribution is 0.0572. The highest BCUT2D eigenvalue weighted by Gasteiger charge is 2.33. The van der Waals surface area contributed by atoms with E-state index in [0.29, 0.717) is 5.69 Å². The van der Waals surface area contributed by atoms with Crippen molar-refractivity contribution in [1.82, 2.24) is 9.88 Å². The minimum absolute atomic E-state index is 0.163. The lowest BCUT2D eigenvalue weighted by Crippen LogP contribution is -2.31. The van der Waals surface area contributed by atoms with Crippen LogP contribution in [-0.2, 0) is 0 Å². The molecule has 1 aliphatic rings. The van der Waals surface area contributed by atoms with E-state index in [1.54, 1.807) is 12.3 Å². The van der Waals surface area contributed by atoms with Crippen molar-refractivity contribution in [3.8, 4) is 0 Å². The highest BCUT2D eigenvalue weighted by molar-refractivity contribution is 5.93. The van der Waals surface area contributed by atoms with E-state index in [1.807, 2.05) is 13.0 Å². The summed E-state index contributed by atoms with van der Waals surface area (Å²) in [7, 11) is 0. The molecule has 16 heavy (non-hydrogen) atoms. The number of carbonyl (C=O) groups is 1. The van der Waals surface area contributed by atoms with Gasteiger partial charge in [-0.2, -0.15) is 0 Å². The van der Waals surface area contributed by atoms with E-state index in [2.05, 4.69) is 4.98 Å². The Morgan fingerprint density at radius 1 is 1.44 bits per heavy atom. The van der Waals surface area contributed by atoms with Crippen LogP contribution in [0.25, 0.3) is 0 Å². The monoisotopic (exact) mass is 222 g/mol. The second kappa shape index (κ2) is 4.19. The average molecular weight is 222 g/mol. The maximum atomic E-state index is 12.0. The van der Waals surface area contributed by atoms with Crippen LogP contribution in [-0.4, -0.2) is 51.3 Å². The number of aliphatic hydroxyl groups excluding tert-OH is 2. The fourth-order valence-electron chi connectivity index (χ4n) is 1.79. The van der Waals surface area contributed by atoms with Crippen LogP contribution in [0.5, 0.6) is 0 Å². The molecule has 0 radical (unpaired) electrons. The fraction of sp³-hybridized carbons (Fsp3) is 0.455. The number of amides is 1. The van der Waals surface area contributed by atoms with Gasteiger partial charge in [-0.05, 0) is 18.6 Å². The van der Waals surface area contributed by atoms with E-state index < -0.39 is 12.2 Å². The van der Waals surface area contributed by atoms with E-state index in [9.17, 15) is 15.0 Å². The zero-order valence-corrected chi connectivity index (χ0v) is 9.00. The predicted molar refractivity (Wildman–Crippen MR) is 56.9 cm³/mol. The van der Waals surface area contributed by atoms with Gasteiger partial charge in [0, 0.05) is 19.3 Å². The molecule has 0 unspecified atom stereocenters. The summed E-state index contributed by atoms with van der Waals surface area (Å²) < 4.78 is 0. The minimum atomic E-state index is -0.854. The van der Waals surface area contributed by atoms with Gasteiger partial charge < -0.3 is 15.1 Å². The number of hydrogen-bond donors (Lipinski definition) is 2. The number of rotatable bonds is 1. The summed E-state index contributed by atoms with van der Waals surface area (Å²) in [6.07, 6.45) is -0.149. The van der Waals surface area contributed by atoms with Crippen molar-refractivity contribution in [3.63, 3.8) is 0 Å². The summed E-state index contributed by atoms with van der Waals surface area (Å²) in [6.45, 7) is 2.13. The van der Waals surface area contributed by atoms with Gasteiger partial charge in [-0.3, -0.25) is 9.78 Å². The Hall–Kier alpha value is -1.46. The first-order chi connectivity index (χ1) is 7.59. The zero-order valence-electron chi connectivity index (χ0n) is 9.00. The Morgan fingerprint density at radius 3 is 2.62 bits per heavy atom. The van der Waals surface area contributed by atoms with E-state index in [-0.39, 0.29) is 19.0 Å². The molecule has 2 heterocycles. The van der Waals surface area contributed by atoms with Gasteiger partial charge in [0.05, 0.1) is 12.2 Å². The molecule has 0 aliphatic carbocycles. The Kier molecular flexibility index (Phi) is 2.89. The van der Waals surface area contributed by atoms with Crippen LogP contribution >= 0.6 is 0 Å². The number of pyridine rings is 1. The molecule has 1 aromatic heterocycles. The lowest BCUT2D eigenvalue weighted by atomic mass is 10.2. The summed E-state index contributed by atoms with van der Waals surface area (Å²) >= 11 is 0. The Bertz CT molecular complexity index is 398. The first kappa shape index (κ1) is 11.0. The highest BCUT2D eigenvalue weighted by atomic mass is 16.3.